The highest BCUT2D eigenvalue weighted by Crippen LogP contribution is 2.17. The molecule has 1 N–H and O–H groups in total. The van der Waals surface area contributed by atoms with E-state index in [0.717, 1.165) is 37.9 Å². The van der Waals surface area contributed by atoms with E-state index in [1.807, 2.05) is 18.2 Å². The number of carboxylic acid groups (broad SMARTS) is 1. The largest absolute Gasteiger partial charge is 0.500 e. The first-order valence-electron chi connectivity index (χ1n) is 9.57. The predicted molar refractivity (Wildman–Crippen MR) is 107 cm³/mol. The summed E-state index contributed by atoms with van der Waals surface area (Å²) in [4.78, 5) is 13.3. The van der Waals surface area contributed by atoms with Gasteiger partial charge in [0.2, 0.25) is 0 Å². The molecule has 27 heavy (non-hydrogen) atoms. The fourth-order valence-electron chi connectivity index (χ4n) is 3.51. The molecule has 0 aromatic heterocycles. The summed E-state index contributed by atoms with van der Waals surface area (Å²) in [6, 6.07) is 18.8. The molecule has 4 nitrogen and oxygen atoms in total. The van der Waals surface area contributed by atoms with Gasteiger partial charge in [-0.1, -0.05) is 54.6 Å². The molecular weight excluding hydrogens is 338 g/mol. The summed E-state index contributed by atoms with van der Waals surface area (Å²) in [6.07, 6.45) is 6.38. The standard InChI is InChI=1S/C23H27NO3/c25-23(26)22-11-6-13-24(18-22)14-16-27-15-12-20-9-4-5-10-21(20)17-19-7-2-1-3-8-19/h1-5,7-10,12,15,22H,6,11,13-14,16-18H2,(H,25,26)/b15-12+. The van der Waals surface area contributed by atoms with Crippen molar-refractivity contribution in [2.24, 2.45) is 5.92 Å². The molecule has 0 spiro atoms. The van der Waals surface area contributed by atoms with E-state index in [-0.39, 0.29) is 5.92 Å². The highest BCUT2D eigenvalue weighted by molar-refractivity contribution is 5.70. The third-order valence-corrected chi connectivity index (χ3v) is 5.02. The normalized spacial score (nSPS) is 17.9. The van der Waals surface area contributed by atoms with Gasteiger partial charge in [0.25, 0.3) is 0 Å². The quantitative estimate of drug-likeness (QED) is 0.566. The number of aliphatic carboxylic acids is 1. The first-order valence-corrected chi connectivity index (χ1v) is 9.57. The van der Waals surface area contributed by atoms with Crippen molar-refractivity contribution in [3.05, 3.63) is 77.5 Å². The highest BCUT2D eigenvalue weighted by Gasteiger charge is 2.24. The fraction of sp³-hybridized carbons (Fsp3) is 0.348. The number of carbonyl (C=O) groups is 1. The van der Waals surface area contributed by atoms with Crippen molar-refractivity contribution in [1.82, 2.24) is 4.90 Å². The van der Waals surface area contributed by atoms with Crippen LogP contribution in [0.2, 0.25) is 0 Å². The Morgan fingerprint density at radius 1 is 1.15 bits per heavy atom. The summed E-state index contributed by atoms with van der Waals surface area (Å²) < 4.78 is 5.67. The molecule has 1 heterocycles. The maximum Gasteiger partial charge on any atom is 0.307 e. The van der Waals surface area contributed by atoms with Crippen LogP contribution in [0, 0.1) is 5.92 Å². The molecule has 3 rings (SSSR count). The lowest BCUT2D eigenvalue weighted by molar-refractivity contribution is -0.143. The van der Waals surface area contributed by atoms with E-state index in [9.17, 15) is 4.79 Å². The topological polar surface area (TPSA) is 49.8 Å². The molecule has 0 radical (unpaired) electrons. The minimum absolute atomic E-state index is 0.237. The second kappa shape index (κ2) is 9.93. The number of piperidine rings is 1. The first kappa shape index (κ1) is 19.2. The lowest BCUT2D eigenvalue weighted by atomic mass is 9.98. The van der Waals surface area contributed by atoms with Crippen LogP contribution in [0.15, 0.2) is 60.9 Å². The Bertz CT molecular complexity index is 757. The summed E-state index contributed by atoms with van der Waals surface area (Å²) in [6.45, 7) is 2.92. The van der Waals surface area contributed by atoms with Gasteiger partial charge in [-0.2, -0.15) is 0 Å². The maximum absolute atomic E-state index is 11.1. The molecule has 2 aromatic carbocycles. The van der Waals surface area contributed by atoms with Crippen LogP contribution < -0.4 is 0 Å². The van der Waals surface area contributed by atoms with Gasteiger partial charge in [-0.25, -0.2) is 0 Å². The Labute approximate surface area is 161 Å². The number of likely N-dealkylation sites (tertiary alicyclic amines) is 1. The van der Waals surface area contributed by atoms with Crippen molar-refractivity contribution in [3.8, 4) is 0 Å². The van der Waals surface area contributed by atoms with Crippen LogP contribution in [0.1, 0.15) is 29.5 Å². The van der Waals surface area contributed by atoms with E-state index < -0.39 is 5.97 Å². The molecule has 0 bridgehead atoms. The number of benzene rings is 2. The van der Waals surface area contributed by atoms with Gasteiger partial charge in [0, 0.05) is 13.1 Å². The number of hydrogen-bond donors (Lipinski definition) is 1. The van der Waals surface area contributed by atoms with Gasteiger partial charge < -0.3 is 9.84 Å². The molecule has 142 valence electrons. The predicted octanol–water partition coefficient (Wildman–Crippen LogP) is 4.06. The van der Waals surface area contributed by atoms with Crippen molar-refractivity contribution >= 4 is 12.0 Å². The Balaban J connectivity index is 1.48. The molecule has 1 saturated heterocycles. The number of rotatable bonds is 8. The van der Waals surface area contributed by atoms with Gasteiger partial charge in [0.05, 0.1) is 18.8 Å². The minimum Gasteiger partial charge on any atom is -0.500 e. The molecule has 0 amide bonds. The van der Waals surface area contributed by atoms with Gasteiger partial charge in [-0.05, 0) is 48.6 Å². The zero-order valence-corrected chi connectivity index (χ0v) is 15.6. The fourth-order valence-corrected chi connectivity index (χ4v) is 3.51. The zero-order chi connectivity index (χ0) is 18.9. The smallest absolute Gasteiger partial charge is 0.307 e. The van der Waals surface area contributed by atoms with Gasteiger partial charge in [0.15, 0.2) is 0 Å². The minimum atomic E-state index is -0.685. The lowest BCUT2D eigenvalue weighted by Crippen LogP contribution is -2.40. The monoisotopic (exact) mass is 365 g/mol. The molecule has 1 atom stereocenters. The Hall–Kier alpha value is -2.59. The Morgan fingerprint density at radius 2 is 1.93 bits per heavy atom. The van der Waals surface area contributed by atoms with E-state index in [1.54, 1.807) is 6.26 Å². The summed E-state index contributed by atoms with van der Waals surface area (Å²) in [7, 11) is 0. The SMILES string of the molecule is O=C(O)C1CCCN(CCO/C=C/c2ccccc2Cc2ccccc2)C1. The van der Waals surface area contributed by atoms with Crippen LogP contribution in [0.4, 0.5) is 0 Å². The third-order valence-electron chi connectivity index (χ3n) is 5.02. The number of hydrogen-bond acceptors (Lipinski definition) is 3. The first-order chi connectivity index (χ1) is 13.2. The van der Waals surface area contributed by atoms with Gasteiger partial charge in [-0.3, -0.25) is 9.69 Å². The molecule has 1 fully saturated rings. The number of nitrogens with zero attached hydrogens (tertiary/aromatic N) is 1. The van der Waals surface area contributed by atoms with E-state index in [4.69, 9.17) is 9.84 Å². The molecule has 2 aromatic rings. The van der Waals surface area contributed by atoms with Crippen LogP contribution in [-0.2, 0) is 16.0 Å². The summed E-state index contributed by atoms with van der Waals surface area (Å²) in [5.41, 5.74) is 3.71. The van der Waals surface area contributed by atoms with Crippen LogP contribution in [-0.4, -0.2) is 42.2 Å². The average molecular weight is 365 g/mol. The number of ether oxygens (including phenoxy) is 1. The average Bonchev–Trinajstić information content (AvgIpc) is 2.70. The van der Waals surface area contributed by atoms with E-state index in [0.29, 0.717) is 13.2 Å². The van der Waals surface area contributed by atoms with Gasteiger partial charge >= 0.3 is 5.97 Å². The van der Waals surface area contributed by atoms with Crippen LogP contribution in [0.3, 0.4) is 0 Å². The molecule has 1 aliphatic heterocycles. The van der Waals surface area contributed by atoms with Crippen molar-refractivity contribution in [2.75, 3.05) is 26.2 Å². The van der Waals surface area contributed by atoms with E-state index in [1.165, 1.54) is 11.1 Å². The molecule has 0 aliphatic carbocycles. The second-order valence-electron chi connectivity index (χ2n) is 7.01. The maximum atomic E-state index is 11.1. The number of carboxylic acids is 1. The molecule has 1 aliphatic rings. The lowest BCUT2D eigenvalue weighted by Gasteiger charge is -2.30. The van der Waals surface area contributed by atoms with E-state index >= 15 is 0 Å². The summed E-state index contributed by atoms with van der Waals surface area (Å²) in [5, 5.41) is 9.15. The Kier molecular flexibility index (Phi) is 7.05. The molecular formula is C23H27NO3. The van der Waals surface area contributed by atoms with Crippen LogP contribution in [0.5, 0.6) is 0 Å². The Morgan fingerprint density at radius 3 is 2.74 bits per heavy atom. The highest BCUT2D eigenvalue weighted by atomic mass is 16.5. The van der Waals surface area contributed by atoms with Crippen LogP contribution in [0.25, 0.3) is 6.08 Å². The van der Waals surface area contributed by atoms with Gasteiger partial charge in [-0.15, -0.1) is 0 Å². The summed E-state index contributed by atoms with van der Waals surface area (Å²) >= 11 is 0. The molecule has 1 unspecified atom stereocenters. The van der Waals surface area contributed by atoms with Crippen molar-refractivity contribution in [3.63, 3.8) is 0 Å². The van der Waals surface area contributed by atoms with E-state index in [2.05, 4.69) is 47.4 Å². The molecule has 0 saturated carbocycles. The zero-order valence-electron chi connectivity index (χ0n) is 15.6. The van der Waals surface area contributed by atoms with Crippen molar-refractivity contribution in [1.29, 1.82) is 0 Å². The molecule has 4 heteroatoms. The van der Waals surface area contributed by atoms with Crippen LogP contribution >= 0.6 is 0 Å². The van der Waals surface area contributed by atoms with Crippen molar-refractivity contribution < 1.29 is 14.6 Å². The van der Waals surface area contributed by atoms with Gasteiger partial charge in [0.1, 0.15) is 0 Å². The van der Waals surface area contributed by atoms with Crippen molar-refractivity contribution in [2.45, 2.75) is 19.3 Å². The second-order valence-corrected chi connectivity index (χ2v) is 7.01. The third kappa shape index (κ3) is 5.97. The summed E-state index contributed by atoms with van der Waals surface area (Å²) in [5.74, 6) is -0.922.